The van der Waals surface area contributed by atoms with Gasteiger partial charge in [0.15, 0.2) is 18.0 Å². The molecule has 0 bridgehead atoms. The van der Waals surface area contributed by atoms with Gasteiger partial charge in [-0.1, -0.05) is 45.0 Å². The van der Waals surface area contributed by atoms with E-state index in [9.17, 15) is 0 Å². The fourth-order valence-corrected chi connectivity index (χ4v) is 2.34. The third-order valence-electron chi connectivity index (χ3n) is 3.64. The Hall–Kier alpha value is -2.34. The molecule has 4 N–H and O–H groups in total. The van der Waals surface area contributed by atoms with E-state index >= 15 is 0 Å². The van der Waals surface area contributed by atoms with Crippen molar-refractivity contribution in [3.05, 3.63) is 47.4 Å². The number of guanidine groups is 1. The summed E-state index contributed by atoms with van der Waals surface area (Å²) in [6.45, 7) is 7.07. The van der Waals surface area contributed by atoms with E-state index in [4.69, 9.17) is 10.5 Å². The second-order valence-electron chi connectivity index (χ2n) is 6.42. The average Bonchev–Trinajstić information content (AvgIpc) is 2.92. The zero-order valence-electron chi connectivity index (χ0n) is 13.1. The lowest BCUT2D eigenvalue weighted by Crippen LogP contribution is -2.38. The van der Waals surface area contributed by atoms with Crippen LogP contribution in [0.15, 0.2) is 35.6 Å². The highest BCUT2D eigenvalue weighted by molar-refractivity contribution is 5.82. The Bertz CT molecular complexity index is 681. The van der Waals surface area contributed by atoms with Crippen molar-refractivity contribution in [2.45, 2.75) is 39.0 Å². The van der Waals surface area contributed by atoms with E-state index in [1.807, 2.05) is 0 Å². The summed E-state index contributed by atoms with van der Waals surface area (Å²) < 4.78 is 5.90. The molecule has 1 aliphatic rings. The Kier molecular flexibility index (Phi) is 3.62. The van der Waals surface area contributed by atoms with Gasteiger partial charge in [-0.05, 0) is 16.5 Å². The van der Waals surface area contributed by atoms with Gasteiger partial charge in [0.25, 0.3) is 0 Å². The molecule has 1 aliphatic heterocycles. The summed E-state index contributed by atoms with van der Waals surface area (Å²) >= 11 is 0. The second-order valence-corrected chi connectivity index (χ2v) is 6.42. The second kappa shape index (κ2) is 5.46. The smallest absolute Gasteiger partial charge is 0.197 e. The molecule has 1 aromatic carbocycles. The Morgan fingerprint density at radius 1 is 1.23 bits per heavy atom. The van der Waals surface area contributed by atoms with Crippen LogP contribution in [0.25, 0.3) is 0 Å². The molecule has 22 heavy (non-hydrogen) atoms. The van der Waals surface area contributed by atoms with Gasteiger partial charge in [0, 0.05) is 0 Å². The van der Waals surface area contributed by atoms with E-state index in [1.165, 1.54) is 5.56 Å². The number of nitrogens with one attached hydrogen (secondary N) is 2. The maximum atomic E-state index is 5.90. The summed E-state index contributed by atoms with van der Waals surface area (Å²) in [6.07, 6.45) is 1.20. The molecular formula is C16H21N5O. The van der Waals surface area contributed by atoms with Gasteiger partial charge in [-0.25, -0.2) is 4.98 Å². The van der Waals surface area contributed by atoms with Crippen LogP contribution in [0.1, 0.15) is 43.8 Å². The highest BCUT2D eigenvalue weighted by Crippen LogP contribution is 2.27. The SMILES string of the molecule is CC(C)(C)c1ccc(COC2NC(N)=Nc3[nH]cnc32)cc1. The van der Waals surface area contributed by atoms with Crippen LogP contribution in [0, 0.1) is 0 Å². The number of nitrogens with two attached hydrogens (primary N) is 1. The lowest BCUT2D eigenvalue weighted by atomic mass is 9.87. The minimum atomic E-state index is -0.388. The van der Waals surface area contributed by atoms with E-state index in [1.54, 1.807) is 6.33 Å². The molecule has 2 aromatic rings. The third kappa shape index (κ3) is 2.96. The maximum absolute atomic E-state index is 5.90. The zero-order chi connectivity index (χ0) is 15.7. The molecular weight excluding hydrogens is 278 g/mol. The van der Waals surface area contributed by atoms with Crippen LogP contribution in [0.4, 0.5) is 5.82 Å². The van der Waals surface area contributed by atoms with Gasteiger partial charge >= 0.3 is 0 Å². The van der Waals surface area contributed by atoms with Crippen LogP contribution in [-0.2, 0) is 16.8 Å². The first-order valence-electron chi connectivity index (χ1n) is 7.28. The normalized spacial score (nSPS) is 17.6. The van der Waals surface area contributed by atoms with Crippen molar-refractivity contribution >= 4 is 11.8 Å². The highest BCUT2D eigenvalue weighted by atomic mass is 16.5. The van der Waals surface area contributed by atoms with Gasteiger partial charge in [-0.3, -0.25) is 0 Å². The summed E-state index contributed by atoms with van der Waals surface area (Å²) in [5.74, 6) is 0.967. The standard InChI is InChI=1S/C16H21N5O/c1-16(2,3)11-6-4-10(5-7-11)8-22-14-12-13(19-9-18-12)20-15(17)21-14/h4-7,9,14H,8H2,1-3H3,(H,18,19)(H3,17,20,21). The fourth-order valence-electron chi connectivity index (χ4n) is 2.34. The van der Waals surface area contributed by atoms with Gasteiger partial charge in [0.1, 0.15) is 5.69 Å². The van der Waals surface area contributed by atoms with E-state index < -0.39 is 0 Å². The Morgan fingerprint density at radius 3 is 2.64 bits per heavy atom. The summed E-state index contributed by atoms with van der Waals surface area (Å²) in [4.78, 5) is 11.3. The molecule has 6 nitrogen and oxygen atoms in total. The molecule has 0 fully saturated rings. The minimum absolute atomic E-state index is 0.152. The molecule has 1 aromatic heterocycles. The lowest BCUT2D eigenvalue weighted by molar-refractivity contribution is 0.0260. The number of rotatable bonds is 3. The van der Waals surface area contributed by atoms with Crippen LogP contribution in [0.2, 0.25) is 0 Å². The van der Waals surface area contributed by atoms with Crippen molar-refractivity contribution in [1.29, 1.82) is 0 Å². The van der Waals surface area contributed by atoms with Gasteiger partial charge in [-0.15, -0.1) is 0 Å². The van der Waals surface area contributed by atoms with Crippen LogP contribution in [0.3, 0.4) is 0 Å². The number of aromatic amines is 1. The number of hydrogen-bond acceptors (Lipinski definition) is 5. The predicted octanol–water partition coefficient (Wildman–Crippen LogP) is 2.47. The number of imidazole rings is 1. The van der Waals surface area contributed by atoms with E-state index in [-0.39, 0.29) is 11.6 Å². The molecule has 2 heterocycles. The molecule has 6 heteroatoms. The van der Waals surface area contributed by atoms with E-state index in [0.717, 1.165) is 11.3 Å². The van der Waals surface area contributed by atoms with Gasteiger partial charge in [0.2, 0.25) is 0 Å². The topological polar surface area (TPSA) is 88.3 Å². The van der Waals surface area contributed by atoms with Gasteiger partial charge in [-0.2, -0.15) is 4.99 Å². The Labute approximate surface area is 129 Å². The molecule has 0 spiro atoms. The van der Waals surface area contributed by atoms with Crippen molar-refractivity contribution in [3.63, 3.8) is 0 Å². The molecule has 0 saturated heterocycles. The van der Waals surface area contributed by atoms with Crippen molar-refractivity contribution in [3.8, 4) is 0 Å². The lowest BCUT2D eigenvalue weighted by Gasteiger charge is -2.22. The van der Waals surface area contributed by atoms with Crippen LogP contribution >= 0.6 is 0 Å². The zero-order valence-corrected chi connectivity index (χ0v) is 13.1. The average molecular weight is 299 g/mol. The van der Waals surface area contributed by atoms with Gasteiger partial charge in [0.05, 0.1) is 12.9 Å². The number of aromatic nitrogens is 2. The molecule has 0 saturated carbocycles. The number of aliphatic imine (C=N–C) groups is 1. The first-order valence-corrected chi connectivity index (χ1v) is 7.28. The molecule has 3 rings (SSSR count). The van der Waals surface area contributed by atoms with Crippen molar-refractivity contribution in [2.24, 2.45) is 10.7 Å². The van der Waals surface area contributed by atoms with Crippen molar-refractivity contribution in [2.75, 3.05) is 0 Å². The van der Waals surface area contributed by atoms with Gasteiger partial charge < -0.3 is 20.8 Å². The van der Waals surface area contributed by atoms with Crippen LogP contribution < -0.4 is 11.1 Å². The van der Waals surface area contributed by atoms with Crippen LogP contribution in [-0.4, -0.2) is 15.9 Å². The molecule has 116 valence electrons. The minimum Gasteiger partial charge on any atom is -0.370 e. The number of ether oxygens (including phenoxy) is 1. The number of hydrogen-bond donors (Lipinski definition) is 3. The molecule has 0 amide bonds. The third-order valence-corrected chi connectivity index (χ3v) is 3.64. The van der Waals surface area contributed by atoms with Crippen molar-refractivity contribution < 1.29 is 4.74 Å². The van der Waals surface area contributed by atoms with E-state index in [2.05, 4.69) is 65.3 Å². The quantitative estimate of drug-likeness (QED) is 0.812. The predicted molar refractivity (Wildman–Crippen MR) is 85.7 cm³/mol. The summed E-state index contributed by atoms with van der Waals surface area (Å²) in [7, 11) is 0. The molecule has 1 unspecified atom stereocenters. The highest BCUT2D eigenvalue weighted by Gasteiger charge is 2.24. The first-order chi connectivity index (χ1) is 10.4. The summed E-state index contributed by atoms with van der Waals surface area (Å²) in [6, 6.07) is 8.46. The summed E-state index contributed by atoms with van der Waals surface area (Å²) in [5.41, 5.74) is 9.03. The fraction of sp³-hybridized carbons (Fsp3) is 0.375. The van der Waals surface area contributed by atoms with Crippen LogP contribution in [0.5, 0.6) is 0 Å². The van der Waals surface area contributed by atoms with E-state index in [0.29, 0.717) is 18.4 Å². The molecule has 0 radical (unpaired) electrons. The number of benzene rings is 1. The first kappa shape index (κ1) is 14.6. The maximum Gasteiger partial charge on any atom is 0.197 e. The number of fused-ring (bicyclic) bond motifs is 1. The number of H-pyrrole nitrogens is 1. The monoisotopic (exact) mass is 299 g/mol. The largest absolute Gasteiger partial charge is 0.370 e. The molecule has 0 aliphatic carbocycles. The summed E-state index contributed by atoms with van der Waals surface area (Å²) in [5, 5.41) is 2.99. The van der Waals surface area contributed by atoms with Crippen molar-refractivity contribution in [1.82, 2.24) is 15.3 Å². The number of nitrogens with zero attached hydrogens (tertiary/aromatic N) is 2. The molecule has 1 atom stereocenters. The Balaban J connectivity index is 1.67. The Morgan fingerprint density at radius 2 is 1.95 bits per heavy atom.